The second-order valence-corrected chi connectivity index (χ2v) is 6.24. The van der Waals surface area contributed by atoms with E-state index < -0.39 is 0 Å². The summed E-state index contributed by atoms with van der Waals surface area (Å²) in [6, 6.07) is 4.70. The van der Waals surface area contributed by atoms with Crippen LogP contribution in [0.15, 0.2) is 16.5 Å². The van der Waals surface area contributed by atoms with Gasteiger partial charge in [-0.15, -0.1) is 0 Å². The summed E-state index contributed by atoms with van der Waals surface area (Å²) >= 11 is 0. The summed E-state index contributed by atoms with van der Waals surface area (Å²) in [6.07, 6.45) is 2.59. The van der Waals surface area contributed by atoms with Crippen molar-refractivity contribution in [3.63, 3.8) is 0 Å². The largest absolute Gasteiger partial charge is 0.463 e. The van der Waals surface area contributed by atoms with E-state index >= 15 is 0 Å². The molecule has 3 nitrogen and oxygen atoms in total. The van der Waals surface area contributed by atoms with Gasteiger partial charge in [-0.25, -0.2) is 0 Å². The van der Waals surface area contributed by atoms with E-state index in [2.05, 4.69) is 50.0 Å². The first kappa shape index (κ1) is 13.6. The average Bonchev–Trinajstić information content (AvgIpc) is 2.84. The second-order valence-electron chi connectivity index (χ2n) is 6.24. The normalized spacial score (nSPS) is 19.8. The summed E-state index contributed by atoms with van der Waals surface area (Å²) in [5, 5.41) is 3.38. The minimum Gasteiger partial charge on any atom is -0.463 e. The van der Waals surface area contributed by atoms with Crippen LogP contribution in [-0.2, 0) is 13.1 Å². The van der Waals surface area contributed by atoms with Crippen LogP contribution in [0.5, 0.6) is 0 Å². The van der Waals surface area contributed by atoms with Gasteiger partial charge in [-0.05, 0) is 45.4 Å². The van der Waals surface area contributed by atoms with E-state index in [0.717, 1.165) is 24.6 Å². The van der Waals surface area contributed by atoms with Crippen LogP contribution in [-0.4, -0.2) is 23.0 Å². The Morgan fingerprint density at radius 1 is 1.33 bits per heavy atom. The molecule has 0 radical (unpaired) electrons. The molecule has 0 aromatic carbocycles. The van der Waals surface area contributed by atoms with Crippen LogP contribution in [0.25, 0.3) is 0 Å². The van der Waals surface area contributed by atoms with E-state index in [0.29, 0.717) is 11.6 Å². The molecule has 0 bridgehead atoms. The van der Waals surface area contributed by atoms with Crippen molar-refractivity contribution in [2.24, 2.45) is 0 Å². The van der Waals surface area contributed by atoms with Crippen LogP contribution in [0.1, 0.15) is 52.1 Å². The zero-order valence-corrected chi connectivity index (χ0v) is 12.1. The number of rotatable bonds is 5. The molecule has 0 aliphatic carbocycles. The van der Waals surface area contributed by atoms with E-state index in [4.69, 9.17) is 4.42 Å². The summed E-state index contributed by atoms with van der Waals surface area (Å²) in [5.41, 5.74) is 0.323. The lowest BCUT2D eigenvalue weighted by atomic mass is 10.0. The van der Waals surface area contributed by atoms with Crippen molar-refractivity contribution in [1.29, 1.82) is 0 Å². The first-order chi connectivity index (χ1) is 8.47. The first-order valence-electron chi connectivity index (χ1n) is 7.03. The summed E-state index contributed by atoms with van der Waals surface area (Å²) in [7, 11) is 0. The number of nitrogens with one attached hydrogen (secondary N) is 1. The third kappa shape index (κ3) is 3.36. The number of nitrogens with zero attached hydrogens (tertiary/aromatic N) is 1. The third-order valence-electron chi connectivity index (χ3n) is 3.82. The van der Waals surface area contributed by atoms with Gasteiger partial charge in [0.2, 0.25) is 0 Å². The maximum atomic E-state index is 5.89. The van der Waals surface area contributed by atoms with Crippen LogP contribution in [0.3, 0.4) is 0 Å². The molecule has 2 rings (SSSR count). The third-order valence-corrected chi connectivity index (χ3v) is 3.82. The highest BCUT2D eigenvalue weighted by Gasteiger charge is 2.32. The predicted molar refractivity (Wildman–Crippen MR) is 74.4 cm³/mol. The molecule has 0 unspecified atom stereocenters. The smallest absolute Gasteiger partial charge is 0.118 e. The monoisotopic (exact) mass is 250 g/mol. The Balaban J connectivity index is 1.90. The summed E-state index contributed by atoms with van der Waals surface area (Å²) in [5.74, 6) is 2.13. The molecule has 0 saturated carbocycles. The lowest BCUT2D eigenvalue weighted by molar-refractivity contribution is 0.153. The Labute approximate surface area is 111 Å². The minimum absolute atomic E-state index is 0.323. The molecule has 1 aliphatic heterocycles. The molecule has 1 aromatic heterocycles. The number of likely N-dealkylation sites (tertiary alicyclic amines) is 1. The fourth-order valence-corrected chi connectivity index (χ4v) is 2.55. The highest BCUT2D eigenvalue weighted by molar-refractivity contribution is 5.08. The van der Waals surface area contributed by atoms with Gasteiger partial charge >= 0.3 is 0 Å². The molecule has 1 saturated heterocycles. The average molecular weight is 250 g/mol. The lowest BCUT2D eigenvalue weighted by Crippen LogP contribution is -2.37. The quantitative estimate of drug-likeness (QED) is 0.870. The van der Waals surface area contributed by atoms with Crippen LogP contribution in [0, 0.1) is 0 Å². The van der Waals surface area contributed by atoms with E-state index in [1.165, 1.54) is 19.4 Å². The first-order valence-corrected chi connectivity index (χ1v) is 7.03. The predicted octanol–water partition coefficient (Wildman–Crippen LogP) is 3.15. The molecular formula is C15H26N2O. The van der Waals surface area contributed by atoms with Crippen molar-refractivity contribution < 1.29 is 4.42 Å². The fraction of sp³-hybridized carbons (Fsp3) is 0.733. The summed E-state index contributed by atoms with van der Waals surface area (Å²) in [4.78, 5) is 2.52. The Kier molecular flexibility index (Phi) is 4.13. The van der Waals surface area contributed by atoms with Crippen molar-refractivity contribution in [2.45, 2.75) is 65.2 Å². The Bertz CT molecular complexity index is 382. The number of furan rings is 1. The standard InChI is InChI=1S/C15H26N2O/c1-12(2)16-10-13-6-7-14(18-13)11-17-9-5-8-15(17,3)4/h6-7,12,16H,5,8-11H2,1-4H3. The van der Waals surface area contributed by atoms with E-state index in [1.54, 1.807) is 0 Å². The summed E-state index contributed by atoms with van der Waals surface area (Å²) < 4.78 is 5.89. The molecule has 0 spiro atoms. The molecule has 0 atom stereocenters. The molecule has 1 fully saturated rings. The van der Waals surface area contributed by atoms with Gasteiger partial charge in [0.1, 0.15) is 11.5 Å². The zero-order valence-electron chi connectivity index (χ0n) is 12.1. The zero-order chi connectivity index (χ0) is 13.2. The molecule has 0 amide bonds. The van der Waals surface area contributed by atoms with Crippen LogP contribution in [0.2, 0.25) is 0 Å². The van der Waals surface area contributed by atoms with Crippen molar-refractivity contribution >= 4 is 0 Å². The second kappa shape index (κ2) is 5.45. The maximum Gasteiger partial charge on any atom is 0.118 e. The molecule has 1 aliphatic rings. The van der Waals surface area contributed by atoms with Gasteiger partial charge in [0, 0.05) is 11.6 Å². The Morgan fingerprint density at radius 3 is 2.67 bits per heavy atom. The molecule has 2 heterocycles. The van der Waals surface area contributed by atoms with E-state index in [1.807, 2.05) is 0 Å². The van der Waals surface area contributed by atoms with Crippen molar-refractivity contribution in [1.82, 2.24) is 10.2 Å². The molecule has 1 aromatic rings. The minimum atomic E-state index is 0.323. The van der Waals surface area contributed by atoms with Gasteiger partial charge in [-0.1, -0.05) is 13.8 Å². The SMILES string of the molecule is CC(C)NCc1ccc(CN2CCCC2(C)C)o1. The molecule has 3 heteroatoms. The molecule has 18 heavy (non-hydrogen) atoms. The summed E-state index contributed by atoms with van der Waals surface area (Å²) in [6.45, 7) is 11.9. The van der Waals surface area contributed by atoms with Gasteiger partial charge in [-0.3, -0.25) is 4.90 Å². The van der Waals surface area contributed by atoms with Crippen molar-refractivity contribution in [3.05, 3.63) is 23.7 Å². The van der Waals surface area contributed by atoms with Crippen LogP contribution >= 0.6 is 0 Å². The topological polar surface area (TPSA) is 28.4 Å². The highest BCUT2D eigenvalue weighted by Crippen LogP contribution is 2.29. The van der Waals surface area contributed by atoms with Gasteiger partial charge in [0.05, 0.1) is 13.1 Å². The molecule has 102 valence electrons. The van der Waals surface area contributed by atoms with Gasteiger partial charge in [-0.2, -0.15) is 0 Å². The van der Waals surface area contributed by atoms with E-state index in [-0.39, 0.29) is 0 Å². The van der Waals surface area contributed by atoms with Crippen molar-refractivity contribution in [3.8, 4) is 0 Å². The fourth-order valence-electron chi connectivity index (χ4n) is 2.55. The molecular weight excluding hydrogens is 224 g/mol. The van der Waals surface area contributed by atoms with Crippen LogP contribution in [0.4, 0.5) is 0 Å². The number of hydrogen-bond acceptors (Lipinski definition) is 3. The molecule has 1 N–H and O–H groups in total. The van der Waals surface area contributed by atoms with Crippen molar-refractivity contribution in [2.75, 3.05) is 6.54 Å². The van der Waals surface area contributed by atoms with Gasteiger partial charge in [0.25, 0.3) is 0 Å². The maximum absolute atomic E-state index is 5.89. The van der Waals surface area contributed by atoms with Gasteiger partial charge < -0.3 is 9.73 Å². The lowest BCUT2D eigenvalue weighted by Gasteiger charge is -2.30. The van der Waals surface area contributed by atoms with Crippen LogP contribution < -0.4 is 5.32 Å². The number of hydrogen-bond donors (Lipinski definition) is 1. The Morgan fingerprint density at radius 2 is 2.06 bits per heavy atom. The Hall–Kier alpha value is -0.800. The van der Waals surface area contributed by atoms with E-state index in [9.17, 15) is 0 Å². The van der Waals surface area contributed by atoms with Gasteiger partial charge in [0.15, 0.2) is 0 Å². The highest BCUT2D eigenvalue weighted by atomic mass is 16.3.